The summed E-state index contributed by atoms with van der Waals surface area (Å²) in [5.41, 5.74) is 1.73. The zero-order valence-electron chi connectivity index (χ0n) is 19.1. The van der Waals surface area contributed by atoms with Crippen LogP contribution in [0.4, 0.5) is 10.3 Å². The second kappa shape index (κ2) is 9.37. The monoisotopic (exact) mass is 482 g/mol. The molecule has 2 heterocycles. The van der Waals surface area contributed by atoms with Crippen LogP contribution in [0.3, 0.4) is 0 Å². The van der Waals surface area contributed by atoms with Crippen LogP contribution < -0.4 is 15.8 Å². The molecule has 2 N–H and O–H groups in total. The lowest BCUT2D eigenvalue weighted by molar-refractivity contribution is -0.127. The van der Waals surface area contributed by atoms with E-state index in [-0.39, 0.29) is 29.8 Å². The highest BCUT2D eigenvalue weighted by Crippen LogP contribution is 2.43. The van der Waals surface area contributed by atoms with E-state index in [1.54, 1.807) is 12.1 Å². The molecule has 5 rings (SSSR count). The second-order valence-electron chi connectivity index (χ2n) is 9.53. The molecule has 0 radical (unpaired) electrons. The summed E-state index contributed by atoms with van der Waals surface area (Å²) in [6, 6.07) is 10.3. The van der Waals surface area contributed by atoms with Gasteiger partial charge >= 0.3 is 0 Å². The normalized spacial score (nSPS) is 19.3. The van der Waals surface area contributed by atoms with Gasteiger partial charge in [-0.3, -0.25) is 14.6 Å². The largest absolute Gasteiger partial charge is 0.352 e. The molecule has 0 bridgehead atoms. The topological polar surface area (TPSA) is 78.1 Å². The fourth-order valence-electron chi connectivity index (χ4n) is 5.14. The Kier molecular flexibility index (Phi) is 6.30. The first-order chi connectivity index (χ1) is 16.4. The van der Waals surface area contributed by atoms with E-state index in [4.69, 9.17) is 11.6 Å². The SMILES string of the molecule is Cc1cc(CNC(=O)C(C2CC2)[C@@H]2CCCN(c3nc4ccccc4c(=O)[nH]3)C2)c(F)cc1Cl. The third kappa shape index (κ3) is 4.67. The minimum absolute atomic E-state index is 0.0266. The number of carbonyl (C=O) groups is 1. The van der Waals surface area contributed by atoms with Crippen molar-refractivity contribution in [3.05, 3.63) is 68.7 Å². The predicted octanol–water partition coefficient (Wildman–Crippen LogP) is 4.58. The maximum Gasteiger partial charge on any atom is 0.260 e. The molecule has 1 aromatic heterocycles. The summed E-state index contributed by atoms with van der Waals surface area (Å²) in [4.78, 5) is 35.5. The molecule has 1 saturated heterocycles. The molecule has 2 atom stereocenters. The van der Waals surface area contributed by atoms with Crippen LogP contribution in [0.1, 0.15) is 36.8 Å². The van der Waals surface area contributed by atoms with Crippen LogP contribution in [-0.2, 0) is 11.3 Å². The van der Waals surface area contributed by atoms with E-state index in [1.165, 1.54) is 6.07 Å². The van der Waals surface area contributed by atoms with Gasteiger partial charge in [-0.15, -0.1) is 0 Å². The van der Waals surface area contributed by atoms with Crippen molar-refractivity contribution in [3.8, 4) is 0 Å². The van der Waals surface area contributed by atoms with E-state index in [0.29, 0.717) is 39.9 Å². The number of amides is 1. The number of nitrogens with zero attached hydrogens (tertiary/aromatic N) is 2. The minimum atomic E-state index is -0.408. The van der Waals surface area contributed by atoms with E-state index < -0.39 is 5.82 Å². The molecule has 2 aliphatic rings. The van der Waals surface area contributed by atoms with Gasteiger partial charge in [-0.25, -0.2) is 9.37 Å². The Morgan fingerprint density at radius 2 is 2.06 bits per heavy atom. The van der Waals surface area contributed by atoms with Crippen LogP contribution in [0.15, 0.2) is 41.2 Å². The fraction of sp³-hybridized carbons (Fsp3) is 0.423. The molecular weight excluding hydrogens is 455 g/mol. The molecule has 1 aliphatic heterocycles. The molecule has 3 aromatic rings. The van der Waals surface area contributed by atoms with Crippen molar-refractivity contribution >= 4 is 34.4 Å². The zero-order chi connectivity index (χ0) is 23.8. The lowest BCUT2D eigenvalue weighted by Gasteiger charge is -2.37. The summed E-state index contributed by atoms with van der Waals surface area (Å²) in [6.45, 7) is 3.40. The molecule has 8 heteroatoms. The van der Waals surface area contributed by atoms with Crippen molar-refractivity contribution in [2.24, 2.45) is 17.8 Å². The van der Waals surface area contributed by atoms with Crippen molar-refractivity contribution < 1.29 is 9.18 Å². The average Bonchev–Trinajstić information content (AvgIpc) is 3.66. The molecule has 2 aromatic carbocycles. The Bertz CT molecular complexity index is 1290. The van der Waals surface area contributed by atoms with Gasteiger partial charge in [0, 0.05) is 36.1 Å². The number of aromatic amines is 1. The van der Waals surface area contributed by atoms with Gasteiger partial charge in [-0.05, 0) is 74.3 Å². The number of piperidine rings is 1. The van der Waals surface area contributed by atoms with Gasteiger partial charge in [0.2, 0.25) is 11.9 Å². The van der Waals surface area contributed by atoms with E-state index >= 15 is 0 Å². The van der Waals surface area contributed by atoms with Crippen LogP contribution in [0.25, 0.3) is 10.9 Å². The Hall–Kier alpha value is -2.93. The first-order valence-corrected chi connectivity index (χ1v) is 12.2. The van der Waals surface area contributed by atoms with Crippen molar-refractivity contribution in [1.29, 1.82) is 0 Å². The second-order valence-corrected chi connectivity index (χ2v) is 9.94. The van der Waals surface area contributed by atoms with Gasteiger partial charge < -0.3 is 10.2 Å². The number of H-pyrrole nitrogens is 1. The van der Waals surface area contributed by atoms with Crippen LogP contribution in [0.2, 0.25) is 5.02 Å². The zero-order valence-corrected chi connectivity index (χ0v) is 19.9. The molecule has 1 amide bonds. The maximum absolute atomic E-state index is 14.3. The van der Waals surface area contributed by atoms with Gasteiger partial charge in [0.05, 0.1) is 10.9 Å². The number of para-hydroxylation sites is 1. The van der Waals surface area contributed by atoms with Crippen LogP contribution in [0.5, 0.6) is 0 Å². The third-order valence-electron chi connectivity index (χ3n) is 7.08. The number of anilines is 1. The number of halogens is 2. The Balaban J connectivity index is 1.32. The Morgan fingerprint density at radius 3 is 2.85 bits per heavy atom. The standard InChI is InChI=1S/C26H28ClFN4O2/c1-15-11-18(21(28)12-20(15)27)13-29-25(34)23(16-8-9-16)17-5-4-10-32(14-17)26-30-22-7-3-2-6-19(22)24(33)31-26/h2-3,6-7,11-12,16-17,23H,4-5,8-10,13-14H2,1H3,(H,29,34)(H,30,31,33)/t17-,23?/m1/s1. The minimum Gasteiger partial charge on any atom is -0.352 e. The van der Waals surface area contributed by atoms with Gasteiger partial charge in [-0.1, -0.05) is 23.7 Å². The third-order valence-corrected chi connectivity index (χ3v) is 7.49. The fourth-order valence-corrected chi connectivity index (χ4v) is 5.29. The van der Waals surface area contributed by atoms with Crippen molar-refractivity contribution in [2.45, 2.75) is 39.2 Å². The summed E-state index contributed by atoms with van der Waals surface area (Å²) in [6.07, 6.45) is 3.93. The van der Waals surface area contributed by atoms with E-state index in [2.05, 4.69) is 20.2 Å². The molecule has 1 saturated carbocycles. The first kappa shape index (κ1) is 22.8. The number of fused-ring (bicyclic) bond motifs is 1. The van der Waals surface area contributed by atoms with Crippen LogP contribution >= 0.6 is 11.6 Å². The Morgan fingerprint density at radius 1 is 1.26 bits per heavy atom. The number of nitrogens with one attached hydrogen (secondary N) is 2. The van der Waals surface area contributed by atoms with Crippen molar-refractivity contribution in [2.75, 3.05) is 18.0 Å². The molecule has 178 valence electrons. The highest BCUT2D eigenvalue weighted by molar-refractivity contribution is 6.31. The van der Waals surface area contributed by atoms with Gasteiger partial charge in [0.1, 0.15) is 5.82 Å². The Labute approximate surface area is 202 Å². The van der Waals surface area contributed by atoms with E-state index in [9.17, 15) is 14.0 Å². The van der Waals surface area contributed by atoms with Crippen LogP contribution in [-0.4, -0.2) is 29.0 Å². The summed E-state index contributed by atoms with van der Waals surface area (Å²) in [5.74, 6) is 0.490. The smallest absolute Gasteiger partial charge is 0.260 e. The van der Waals surface area contributed by atoms with Crippen molar-refractivity contribution in [3.63, 3.8) is 0 Å². The number of rotatable bonds is 6. The number of hydrogen-bond donors (Lipinski definition) is 2. The van der Waals surface area contributed by atoms with Crippen molar-refractivity contribution in [1.82, 2.24) is 15.3 Å². The first-order valence-electron chi connectivity index (χ1n) is 11.9. The predicted molar refractivity (Wildman–Crippen MR) is 132 cm³/mol. The lowest BCUT2D eigenvalue weighted by Crippen LogP contribution is -2.45. The highest BCUT2D eigenvalue weighted by atomic mass is 35.5. The molecule has 6 nitrogen and oxygen atoms in total. The number of carbonyl (C=O) groups excluding carboxylic acids is 1. The van der Waals surface area contributed by atoms with Gasteiger partial charge in [0.15, 0.2) is 0 Å². The summed E-state index contributed by atoms with van der Waals surface area (Å²) >= 11 is 6.00. The van der Waals surface area contributed by atoms with Gasteiger partial charge in [-0.2, -0.15) is 0 Å². The lowest BCUT2D eigenvalue weighted by atomic mass is 9.81. The molecule has 34 heavy (non-hydrogen) atoms. The highest BCUT2D eigenvalue weighted by Gasteiger charge is 2.42. The number of aryl methyl sites for hydroxylation is 1. The summed E-state index contributed by atoms with van der Waals surface area (Å²) in [5, 5.41) is 3.93. The number of aromatic nitrogens is 2. The number of hydrogen-bond acceptors (Lipinski definition) is 4. The quantitative estimate of drug-likeness (QED) is 0.539. The maximum atomic E-state index is 14.3. The molecular formula is C26H28ClFN4O2. The molecule has 0 spiro atoms. The summed E-state index contributed by atoms with van der Waals surface area (Å²) in [7, 11) is 0. The van der Waals surface area contributed by atoms with Crippen LogP contribution in [0, 0.1) is 30.5 Å². The van der Waals surface area contributed by atoms with Gasteiger partial charge in [0.25, 0.3) is 5.56 Å². The van der Waals surface area contributed by atoms with E-state index in [1.807, 2.05) is 25.1 Å². The number of benzene rings is 2. The van der Waals surface area contributed by atoms with E-state index in [0.717, 1.165) is 37.8 Å². The molecule has 1 unspecified atom stereocenters. The molecule has 2 fully saturated rings. The molecule has 1 aliphatic carbocycles. The average molecular weight is 483 g/mol. The summed E-state index contributed by atoms with van der Waals surface area (Å²) < 4.78 is 14.3.